The Hall–Kier alpha value is -1.55. The largest absolute Gasteiger partial charge is 0.384 e. The summed E-state index contributed by atoms with van der Waals surface area (Å²) in [5, 5.41) is 8.68. The van der Waals surface area contributed by atoms with Crippen molar-refractivity contribution in [3.8, 4) is 11.8 Å². The van der Waals surface area contributed by atoms with Gasteiger partial charge in [0.15, 0.2) is 0 Å². The summed E-state index contributed by atoms with van der Waals surface area (Å²) in [7, 11) is -3.58. The van der Waals surface area contributed by atoms with E-state index in [2.05, 4.69) is 21.3 Å². The first-order chi connectivity index (χ1) is 8.48. The van der Waals surface area contributed by atoms with Crippen LogP contribution in [0.3, 0.4) is 0 Å². The molecule has 1 aromatic carbocycles. The van der Waals surface area contributed by atoms with Crippen LogP contribution in [-0.2, 0) is 10.2 Å². The Morgan fingerprint density at radius 1 is 1.39 bits per heavy atom. The molecule has 0 aliphatic heterocycles. The summed E-state index contributed by atoms with van der Waals surface area (Å²) in [6, 6.07) is 5.19. The average molecular weight is 268 g/mol. The second-order valence-electron chi connectivity index (χ2n) is 3.61. The summed E-state index contributed by atoms with van der Waals surface area (Å²) in [6.07, 6.45) is 0. The molecule has 0 atom stereocenters. The Morgan fingerprint density at radius 3 is 2.72 bits per heavy atom. The van der Waals surface area contributed by atoms with E-state index < -0.39 is 10.2 Å². The van der Waals surface area contributed by atoms with E-state index in [-0.39, 0.29) is 6.61 Å². The first kappa shape index (κ1) is 14.5. The van der Waals surface area contributed by atoms with Crippen LogP contribution in [0.5, 0.6) is 0 Å². The highest BCUT2D eigenvalue weighted by atomic mass is 32.2. The second kappa shape index (κ2) is 6.40. The molecule has 6 heteroatoms. The first-order valence-electron chi connectivity index (χ1n) is 5.46. The predicted molar refractivity (Wildman–Crippen MR) is 71.4 cm³/mol. The molecule has 0 aromatic heterocycles. The predicted octanol–water partition coefficient (Wildman–Crippen LogP) is 0.605. The third-order valence-corrected chi connectivity index (χ3v) is 3.21. The van der Waals surface area contributed by atoms with Gasteiger partial charge in [-0.2, -0.15) is 13.1 Å². The maximum Gasteiger partial charge on any atom is 0.299 e. The number of anilines is 1. The van der Waals surface area contributed by atoms with Crippen molar-refractivity contribution < 1.29 is 13.5 Å². The summed E-state index contributed by atoms with van der Waals surface area (Å²) in [4.78, 5) is 0. The first-order valence-corrected chi connectivity index (χ1v) is 6.94. The molecular formula is C12H16N2O3S. The Bertz CT molecular complexity index is 571. The second-order valence-corrected chi connectivity index (χ2v) is 5.11. The van der Waals surface area contributed by atoms with Gasteiger partial charge in [-0.05, 0) is 24.6 Å². The van der Waals surface area contributed by atoms with Gasteiger partial charge in [0, 0.05) is 12.1 Å². The number of nitrogens with one attached hydrogen (secondary N) is 2. The SMILES string of the molecule is CCNS(=O)(=O)Nc1ccc(C)cc1C#CCO. The fraction of sp³-hybridized carbons (Fsp3) is 0.333. The molecule has 18 heavy (non-hydrogen) atoms. The minimum absolute atomic E-state index is 0.270. The van der Waals surface area contributed by atoms with E-state index in [0.29, 0.717) is 17.8 Å². The third-order valence-electron chi connectivity index (χ3n) is 2.06. The lowest BCUT2D eigenvalue weighted by Crippen LogP contribution is -2.30. The van der Waals surface area contributed by atoms with Gasteiger partial charge in [0.1, 0.15) is 6.61 Å². The van der Waals surface area contributed by atoms with Crippen LogP contribution in [-0.4, -0.2) is 26.7 Å². The molecule has 1 rings (SSSR count). The van der Waals surface area contributed by atoms with Gasteiger partial charge in [-0.1, -0.05) is 24.8 Å². The van der Waals surface area contributed by atoms with Crippen molar-refractivity contribution >= 4 is 15.9 Å². The standard InChI is InChI=1S/C12H16N2O3S/c1-3-13-18(16,17)14-12-7-6-10(2)9-11(12)5-4-8-15/h6-7,9,13-15H,3,8H2,1-2H3. The molecule has 0 fully saturated rings. The molecule has 3 N–H and O–H groups in total. The van der Waals surface area contributed by atoms with E-state index >= 15 is 0 Å². The van der Waals surface area contributed by atoms with Gasteiger partial charge < -0.3 is 5.11 Å². The van der Waals surface area contributed by atoms with E-state index in [0.717, 1.165) is 5.56 Å². The maximum atomic E-state index is 11.6. The highest BCUT2D eigenvalue weighted by Crippen LogP contribution is 2.17. The summed E-state index contributed by atoms with van der Waals surface area (Å²) in [5.74, 6) is 5.21. The summed E-state index contributed by atoms with van der Waals surface area (Å²) < 4.78 is 27.9. The number of hydrogen-bond acceptors (Lipinski definition) is 3. The van der Waals surface area contributed by atoms with Crippen LogP contribution in [0.4, 0.5) is 5.69 Å². The Morgan fingerprint density at radius 2 is 2.11 bits per heavy atom. The summed E-state index contributed by atoms with van der Waals surface area (Å²) >= 11 is 0. The smallest absolute Gasteiger partial charge is 0.299 e. The molecule has 0 heterocycles. The zero-order valence-electron chi connectivity index (χ0n) is 10.3. The maximum absolute atomic E-state index is 11.6. The third kappa shape index (κ3) is 4.37. The fourth-order valence-electron chi connectivity index (χ4n) is 1.36. The van der Waals surface area contributed by atoms with Crippen molar-refractivity contribution in [3.05, 3.63) is 29.3 Å². The molecule has 0 unspecified atom stereocenters. The van der Waals surface area contributed by atoms with E-state index in [1.165, 1.54) is 0 Å². The lowest BCUT2D eigenvalue weighted by molar-refractivity contribution is 0.350. The van der Waals surface area contributed by atoms with Gasteiger partial charge in [-0.3, -0.25) is 4.72 Å². The minimum atomic E-state index is -3.58. The van der Waals surface area contributed by atoms with Crippen molar-refractivity contribution in [2.75, 3.05) is 17.9 Å². The zero-order chi connectivity index (χ0) is 13.6. The number of hydrogen-bond donors (Lipinski definition) is 3. The van der Waals surface area contributed by atoms with Crippen LogP contribution in [0.2, 0.25) is 0 Å². The molecule has 0 aliphatic carbocycles. The quantitative estimate of drug-likeness (QED) is 0.700. The van der Waals surface area contributed by atoms with Crippen LogP contribution in [0.1, 0.15) is 18.1 Å². The molecule has 0 saturated carbocycles. The van der Waals surface area contributed by atoms with Gasteiger partial charge in [-0.15, -0.1) is 0 Å². The lowest BCUT2D eigenvalue weighted by atomic mass is 10.1. The van der Waals surface area contributed by atoms with Crippen molar-refractivity contribution in [2.45, 2.75) is 13.8 Å². The fourth-order valence-corrected chi connectivity index (χ4v) is 2.28. The molecule has 0 amide bonds. The van der Waals surface area contributed by atoms with E-state index in [9.17, 15) is 8.42 Å². The monoisotopic (exact) mass is 268 g/mol. The molecule has 1 aromatic rings. The highest BCUT2D eigenvalue weighted by molar-refractivity contribution is 7.90. The lowest BCUT2D eigenvalue weighted by Gasteiger charge is -2.10. The van der Waals surface area contributed by atoms with Crippen LogP contribution in [0.25, 0.3) is 0 Å². The van der Waals surface area contributed by atoms with Crippen LogP contribution in [0.15, 0.2) is 18.2 Å². The summed E-state index contributed by atoms with van der Waals surface area (Å²) in [5.41, 5.74) is 1.89. The number of aryl methyl sites for hydroxylation is 1. The molecule has 0 radical (unpaired) electrons. The molecule has 5 nitrogen and oxygen atoms in total. The molecule has 0 saturated heterocycles. The Labute approximate surface area is 107 Å². The number of rotatable bonds is 4. The van der Waals surface area contributed by atoms with Gasteiger partial charge in [0.05, 0.1) is 5.69 Å². The molecule has 0 bridgehead atoms. The van der Waals surface area contributed by atoms with Crippen molar-refractivity contribution in [1.82, 2.24) is 4.72 Å². The van der Waals surface area contributed by atoms with Gasteiger partial charge in [0.25, 0.3) is 10.2 Å². The molecule has 0 aliphatic rings. The Balaban J connectivity index is 3.09. The van der Waals surface area contributed by atoms with E-state index in [4.69, 9.17) is 5.11 Å². The van der Waals surface area contributed by atoms with Crippen LogP contribution < -0.4 is 9.44 Å². The highest BCUT2D eigenvalue weighted by Gasteiger charge is 2.10. The van der Waals surface area contributed by atoms with Crippen LogP contribution in [0, 0.1) is 18.8 Å². The zero-order valence-corrected chi connectivity index (χ0v) is 11.1. The normalized spacial score (nSPS) is 10.6. The number of aliphatic hydroxyl groups is 1. The van der Waals surface area contributed by atoms with E-state index in [1.54, 1.807) is 25.1 Å². The number of benzene rings is 1. The van der Waals surface area contributed by atoms with E-state index in [1.807, 2.05) is 6.92 Å². The molecular weight excluding hydrogens is 252 g/mol. The summed E-state index contributed by atoms with van der Waals surface area (Å²) in [6.45, 7) is 3.61. The molecule has 0 spiro atoms. The topological polar surface area (TPSA) is 78.4 Å². The minimum Gasteiger partial charge on any atom is -0.384 e. The van der Waals surface area contributed by atoms with Crippen molar-refractivity contribution in [1.29, 1.82) is 0 Å². The van der Waals surface area contributed by atoms with Gasteiger partial charge in [-0.25, -0.2) is 0 Å². The Kier molecular flexibility index (Phi) is 5.16. The van der Waals surface area contributed by atoms with Gasteiger partial charge >= 0.3 is 0 Å². The van der Waals surface area contributed by atoms with Crippen molar-refractivity contribution in [3.63, 3.8) is 0 Å². The molecule has 98 valence electrons. The average Bonchev–Trinajstić information content (AvgIpc) is 2.29. The van der Waals surface area contributed by atoms with Crippen LogP contribution >= 0.6 is 0 Å². The number of aliphatic hydroxyl groups excluding tert-OH is 1. The van der Waals surface area contributed by atoms with Gasteiger partial charge in [0.2, 0.25) is 0 Å². The van der Waals surface area contributed by atoms with Crippen molar-refractivity contribution in [2.24, 2.45) is 0 Å².